The molecule has 0 saturated heterocycles. The minimum atomic E-state index is -0.319. The van der Waals surface area contributed by atoms with Gasteiger partial charge in [0.1, 0.15) is 17.4 Å². The zero-order valence-electron chi connectivity index (χ0n) is 14.6. The number of methoxy groups -OCH3 is 1. The Balaban J connectivity index is 1.90. The topological polar surface area (TPSA) is 59.1 Å². The number of nitrogens with zero attached hydrogens (tertiary/aromatic N) is 2. The van der Waals surface area contributed by atoms with Crippen molar-refractivity contribution in [3.8, 4) is 5.75 Å². The molecule has 0 amide bonds. The Bertz CT molecular complexity index is 949. The van der Waals surface area contributed by atoms with Gasteiger partial charge in [-0.3, -0.25) is 0 Å². The van der Waals surface area contributed by atoms with Crippen LogP contribution in [0.2, 0.25) is 5.02 Å². The second-order valence-corrected chi connectivity index (χ2v) is 6.19. The summed E-state index contributed by atoms with van der Waals surface area (Å²) < 4.78 is 18.7. The first kappa shape index (κ1) is 17.9. The van der Waals surface area contributed by atoms with Gasteiger partial charge >= 0.3 is 0 Å². The fourth-order valence-electron chi connectivity index (χ4n) is 2.45. The van der Waals surface area contributed by atoms with E-state index in [-0.39, 0.29) is 5.82 Å². The van der Waals surface area contributed by atoms with Crippen LogP contribution in [0.25, 0.3) is 0 Å². The largest absolute Gasteiger partial charge is 0.495 e. The Morgan fingerprint density at radius 3 is 2.58 bits per heavy atom. The number of hydrogen-bond acceptors (Lipinski definition) is 5. The van der Waals surface area contributed by atoms with Crippen molar-refractivity contribution in [2.45, 2.75) is 13.8 Å². The summed E-state index contributed by atoms with van der Waals surface area (Å²) in [7, 11) is 1.57. The Morgan fingerprint density at radius 2 is 1.85 bits per heavy atom. The predicted molar refractivity (Wildman–Crippen MR) is 102 cm³/mol. The third-order valence-electron chi connectivity index (χ3n) is 3.68. The smallest absolute Gasteiger partial charge is 0.229 e. The molecular weight excluding hydrogens is 355 g/mol. The minimum absolute atomic E-state index is 0.319. The molecule has 5 nitrogen and oxygen atoms in total. The molecule has 0 saturated carbocycles. The van der Waals surface area contributed by atoms with Crippen molar-refractivity contribution >= 4 is 34.7 Å². The average molecular weight is 373 g/mol. The normalized spacial score (nSPS) is 10.5. The molecule has 26 heavy (non-hydrogen) atoms. The first-order valence-electron chi connectivity index (χ1n) is 7.94. The second-order valence-electron chi connectivity index (χ2n) is 5.78. The number of hydrogen-bond donors (Lipinski definition) is 2. The van der Waals surface area contributed by atoms with Crippen molar-refractivity contribution < 1.29 is 9.13 Å². The highest BCUT2D eigenvalue weighted by Crippen LogP contribution is 2.32. The molecule has 0 aliphatic carbocycles. The van der Waals surface area contributed by atoms with Crippen molar-refractivity contribution in [2.75, 3.05) is 17.7 Å². The fraction of sp³-hybridized carbons (Fsp3) is 0.158. The van der Waals surface area contributed by atoms with Crippen LogP contribution in [0.4, 0.5) is 27.5 Å². The van der Waals surface area contributed by atoms with Gasteiger partial charge < -0.3 is 15.4 Å². The van der Waals surface area contributed by atoms with Gasteiger partial charge in [-0.25, -0.2) is 9.37 Å². The number of halogens is 2. The molecule has 0 spiro atoms. The maximum Gasteiger partial charge on any atom is 0.229 e. The molecule has 3 rings (SSSR count). The van der Waals surface area contributed by atoms with E-state index in [0.717, 1.165) is 11.3 Å². The first-order chi connectivity index (χ1) is 12.4. The predicted octanol–water partition coefficient (Wildman–Crippen LogP) is 5.38. The van der Waals surface area contributed by atoms with E-state index in [1.165, 1.54) is 12.1 Å². The highest BCUT2D eigenvalue weighted by Gasteiger charge is 2.10. The van der Waals surface area contributed by atoms with Gasteiger partial charge in [0, 0.05) is 28.5 Å². The molecule has 3 aromatic rings. The van der Waals surface area contributed by atoms with E-state index >= 15 is 0 Å². The number of rotatable bonds is 5. The Labute approximate surface area is 156 Å². The van der Waals surface area contributed by atoms with Crippen molar-refractivity contribution in [1.82, 2.24) is 9.97 Å². The Kier molecular flexibility index (Phi) is 5.23. The highest BCUT2D eigenvalue weighted by atomic mass is 35.5. The summed E-state index contributed by atoms with van der Waals surface area (Å²) in [6, 6.07) is 11.6. The van der Waals surface area contributed by atoms with Crippen LogP contribution < -0.4 is 15.4 Å². The molecule has 1 heterocycles. The lowest BCUT2D eigenvalue weighted by Gasteiger charge is -2.14. The fourth-order valence-corrected chi connectivity index (χ4v) is 2.61. The van der Waals surface area contributed by atoms with Gasteiger partial charge in [0.15, 0.2) is 0 Å². The first-order valence-corrected chi connectivity index (χ1v) is 8.32. The van der Waals surface area contributed by atoms with E-state index < -0.39 is 0 Å². The molecule has 7 heteroatoms. The van der Waals surface area contributed by atoms with Gasteiger partial charge in [-0.15, -0.1) is 0 Å². The van der Waals surface area contributed by atoms with E-state index in [2.05, 4.69) is 20.6 Å². The maximum absolute atomic E-state index is 13.4. The molecule has 0 atom stereocenters. The zero-order valence-corrected chi connectivity index (χ0v) is 15.4. The summed E-state index contributed by atoms with van der Waals surface area (Å²) in [6.45, 7) is 3.76. The number of aryl methyl sites for hydroxylation is 2. The molecule has 0 bridgehead atoms. The number of anilines is 4. The van der Waals surface area contributed by atoms with Crippen molar-refractivity contribution in [2.24, 2.45) is 0 Å². The van der Waals surface area contributed by atoms with Crippen LogP contribution in [-0.4, -0.2) is 17.1 Å². The standard InChI is InChI=1S/C19H18ClFN4O/c1-11-7-16(17(26-3)10-15(11)20)24-19-22-12(2)8-18(25-19)23-14-6-4-5-13(21)9-14/h4-10H,1-3H3,(H2,22,23,24,25). The van der Waals surface area contributed by atoms with Crippen LogP contribution in [0.5, 0.6) is 5.75 Å². The summed E-state index contributed by atoms with van der Waals surface area (Å²) in [5.41, 5.74) is 2.97. The van der Waals surface area contributed by atoms with Crippen LogP contribution in [0.3, 0.4) is 0 Å². The molecule has 0 unspecified atom stereocenters. The molecule has 0 radical (unpaired) electrons. The molecule has 0 fully saturated rings. The highest BCUT2D eigenvalue weighted by molar-refractivity contribution is 6.31. The Hall–Kier alpha value is -2.86. The summed E-state index contributed by atoms with van der Waals surface area (Å²) in [6.07, 6.45) is 0. The SMILES string of the molecule is COc1cc(Cl)c(C)cc1Nc1nc(C)cc(Nc2cccc(F)c2)n1. The number of nitrogens with one attached hydrogen (secondary N) is 2. The molecule has 0 aliphatic rings. The third kappa shape index (κ3) is 4.21. The maximum atomic E-state index is 13.4. The number of benzene rings is 2. The van der Waals surface area contributed by atoms with Crippen molar-refractivity contribution in [3.63, 3.8) is 0 Å². The monoisotopic (exact) mass is 372 g/mol. The third-order valence-corrected chi connectivity index (χ3v) is 4.09. The second kappa shape index (κ2) is 7.58. The molecule has 134 valence electrons. The van der Waals surface area contributed by atoms with E-state index in [1.54, 1.807) is 31.4 Å². The molecule has 2 aromatic carbocycles. The molecule has 0 aliphatic heterocycles. The lowest BCUT2D eigenvalue weighted by molar-refractivity contribution is 0.416. The summed E-state index contributed by atoms with van der Waals surface area (Å²) >= 11 is 6.14. The van der Waals surface area contributed by atoms with E-state index in [4.69, 9.17) is 16.3 Å². The van der Waals surface area contributed by atoms with Crippen LogP contribution in [0.15, 0.2) is 42.5 Å². The van der Waals surface area contributed by atoms with Crippen molar-refractivity contribution in [1.29, 1.82) is 0 Å². The van der Waals surface area contributed by atoms with E-state index in [1.807, 2.05) is 19.9 Å². The number of ether oxygens (including phenoxy) is 1. The van der Waals surface area contributed by atoms with Crippen LogP contribution in [-0.2, 0) is 0 Å². The van der Waals surface area contributed by atoms with Crippen LogP contribution in [0.1, 0.15) is 11.3 Å². The van der Waals surface area contributed by atoms with Gasteiger partial charge in [0.25, 0.3) is 0 Å². The van der Waals surface area contributed by atoms with Gasteiger partial charge in [-0.2, -0.15) is 4.98 Å². The number of aromatic nitrogens is 2. The lowest BCUT2D eigenvalue weighted by Crippen LogP contribution is -2.04. The van der Waals surface area contributed by atoms with Crippen LogP contribution >= 0.6 is 11.6 Å². The summed E-state index contributed by atoms with van der Waals surface area (Å²) in [5, 5.41) is 6.84. The molecule has 1 aromatic heterocycles. The molecular formula is C19H18ClFN4O. The lowest BCUT2D eigenvalue weighted by atomic mass is 10.2. The average Bonchev–Trinajstić information content (AvgIpc) is 2.57. The summed E-state index contributed by atoms with van der Waals surface area (Å²) in [4.78, 5) is 8.83. The van der Waals surface area contributed by atoms with Gasteiger partial charge in [-0.05, 0) is 43.7 Å². The van der Waals surface area contributed by atoms with Crippen LogP contribution in [0, 0.1) is 19.7 Å². The summed E-state index contributed by atoms with van der Waals surface area (Å²) in [5.74, 6) is 1.21. The zero-order chi connectivity index (χ0) is 18.7. The minimum Gasteiger partial charge on any atom is -0.495 e. The quantitative estimate of drug-likeness (QED) is 0.629. The molecule has 2 N–H and O–H groups in total. The van der Waals surface area contributed by atoms with Crippen molar-refractivity contribution in [3.05, 3.63) is 64.6 Å². The Morgan fingerprint density at radius 1 is 1.04 bits per heavy atom. The van der Waals surface area contributed by atoms with Gasteiger partial charge in [-0.1, -0.05) is 17.7 Å². The van der Waals surface area contributed by atoms with Gasteiger partial charge in [0.05, 0.1) is 12.8 Å². The van der Waals surface area contributed by atoms with Gasteiger partial charge in [0.2, 0.25) is 5.95 Å². The van der Waals surface area contributed by atoms with E-state index in [0.29, 0.717) is 33.9 Å². The van der Waals surface area contributed by atoms with E-state index in [9.17, 15) is 4.39 Å².